The zero-order valence-electron chi connectivity index (χ0n) is 6.58. The molecule has 66 valence electrons. The van der Waals surface area contributed by atoms with E-state index in [4.69, 9.17) is 5.14 Å². The first-order chi connectivity index (χ1) is 4.99. The van der Waals surface area contributed by atoms with E-state index >= 15 is 0 Å². The van der Waals surface area contributed by atoms with Gasteiger partial charge in [-0.15, -0.1) is 0 Å². The lowest BCUT2D eigenvalue weighted by atomic mass is 10.0. The summed E-state index contributed by atoms with van der Waals surface area (Å²) in [7, 11) is -3.28. The predicted octanol–water partition coefficient (Wildman–Crippen LogP) is -0.870. The van der Waals surface area contributed by atoms with E-state index in [1.54, 1.807) is 0 Å². The maximum absolute atomic E-state index is 10.7. The second-order valence-electron chi connectivity index (χ2n) is 3.23. The fourth-order valence-corrected chi connectivity index (χ4v) is 2.43. The van der Waals surface area contributed by atoms with E-state index in [1.807, 2.05) is 6.92 Å². The van der Waals surface area contributed by atoms with Gasteiger partial charge in [0.2, 0.25) is 10.0 Å². The highest BCUT2D eigenvalue weighted by Gasteiger charge is 2.26. The van der Waals surface area contributed by atoms with Crippen LogP contribution >= 0.6 is 0 Å². The Morgan fingerprint density at radius 3 is 2.55 bits per heavy atom. The minimum atomic E-state index is -3.28. The minimum Gasteiger partial charge on any atom is -0.316 e. The number of primary sulfonamides is 1. The molecule has 0 saturated carbocycles. The van der Waals surface area contributed by atoms with Crippen LogP contribution in [0.4, 0.5) is 0 Å². The van der Waals surface area contributed by atoms with Gasteiger partial charge in [0, 0.05) is 0 Å². The lowest BCUT2D eigenvalue weighted by molar-refractivity contribution is 0.486. The summed E-state index contributed by atoms with van der Waals surface area (Å²) in [5.74, 6) is 0.736. The average Bonchev–Trinajstić information content (AvgIpc) is 2.12. The largest absolute Gasteiger partial charge is 0.316 e. The first-order valence-electron chi connectivity index (χ1n) is 3.70. The number of nitrogens with one attached hydrogen (secondary N) is 1. The van der Waals surface area contributed by atoms with Crippen molar-refractivity contribution in [3.63, 3.8) is 0 Å². The third-order valence-electron chi connectivity index (χ3n) is 2.12. The molecule has 3 N–H and O–H groups in total. The summed E-state index contributed by atoms with van der Waals surface area (Å²) in [5, 5.41) is 8.05. The summed E-state index contributed by atoms with van der Waals surface area (Å²) < 4.78 is 21.4. The van der Waals surface area contributed by atoms with Crippen molar-refractivity contribution in [2.45, 2.75) is 6.92 Å². The molecule has 11 heavy (non-hydrogen) atoms. The van der Waals surface area contributed by atoms with Gasteiger partial charge in [-0.05, 0) is 24.9 Å². The Bertz CT molecular complexity index is 225. The molecule has 4 nitrogen and oxygen atoms in total. The fourth-order valence-electron chi connectivity index (χ4n) is 1.39. The molecule has 2 atom stereocenters. The minimum absolute atomic E-state index is 0.112. The number of nitrogens with two attached hydrogens (primary N) is 1. The van der Waals surface area contributed by atoms with Gasteiger partial charge >= 0.3 is 0 Å². The van der Waals surface area contributed by atoms with E-state index in [2.05, 4.69) is 5.32 Å². The molecule has 1 rings (SSSR count). The third kappa shape index (κ3) is 2.76. The van der Waals surface area contributed by atoms with Crippen LogP contribution in [0.2, 0.25) is 0 Å². The molecule has 2 unspecified atom stereocenters. The predicted molar refractivity (Wildman–Crippen MR) is 43.5 cm³/mol. The quantitative estimate of drug-likeness (QED) is 0.577. The molecule has 0 aromatic carbocycles. The van der Waals surface area contributed by atoms with Gasteiger partial charge in [0.1, 0.15) is 0 Å². The van der Waals surface area contributed by atoms with Gasteiger partial charge in [-0.2, -0.15) is 0 Å². The summed E-state index contributed by atoms with van der Waals surface area (Å²) in [6.45, 7) is 3.72. The number of sulfonamides is 1. The van der Waals surface area contributed by atoms with Crippen molar-refractivity contribution in [1.29, 1.82) is 0 Å². The lowest BCUT2D eigenvalue weighted by Crippen LogP contribution is -2.26. The second-order valence-corrected chi connectivity index (χ2v) is 4.88. The van der Waals surface area contributed by atoms with E-state index in [0.717, 1.165) is 13.1 Å². The summed E-state index contributed by atoms with van der Waals surface area (Å²) in [6, 6.07) is 0. The van der Waals surface area contributed by atoms with Crippen molar-refractivity contribution in [1.82, 2.24) is 5.32 Å². The van der Waals surface area contributed by atoms with Crippen molar-refractivity contribution in [2.24, 2.45) is 17.0 Å². The van der Waals surface area contributed by atoms with Crippen LogP contribution in [0.1, 0.15) is 6.92 Å². The molecule has 0 aromatic rings. The van der Waals surface area contributed by atoms with Gasteiger partial charge in [-0.25, -0.2) is 13.6 Å². The molecule has 0 radical (unpaired) electrons. The normalized spacial score (nSPS) is 32.5. The van der Waals surface area contributed by atoms with Gasteiger partial charge < -0.3 is 5.32 Å². The zero-order valence-corrected chi connectivity index (χ0v) is 7.39. The molecule has 0 amide bonds. The van der Waals surface area contributed by atoms with Crippen molar-refractivity contribution in [2.75, 3.05) is 18.8 Å². The Morgan fingerprint density at radius 1 is 1.55 bits per heavy atom. The highest BCUT2D eigenvalue weighted by atomic mass is 32.2. The Kier molecular flexibility index (Phi) is 2.51. The molecule has 1 heterocycles. The SMILES string of the molecule is CC1CNCC1CS(N)(=O)=O. The van der Waals surface area contributed by atoms with E-state index in [1.165, 1.54) is 0 Å². The van der Waals surface area contributed by atoms with Gasteiger partial charge in [0.05, 0.1) is 5.75 Å². The van der Waals surface area contributed by atoms with Gasteiger partial charge in [-0.1, -0.05) is 6.92 Å². The molecule has 0 aliphatic carbocycles. The van der Waals surface area contributed by atoms with Crippen molar-refractivity contribution in [3.05, 3.63) is 0 Å². The fraction of sp³-hybridized carbons (Fsp3) is 1.00. The molecular formula is C6H14N2O2S. The standard InChI is InChI=1S/C6H14N2O2S/c1-5-2-8-3-6(5)4-11(7,9)10/h5-6,8H,2-4H2,1H3,(H2,7,9,10). The molecule has 0 aromatic heterocycles. The Morgan fingerprint density at radius 2 is 2.18 bits per heavy atom. The maximum atomic E-state index is 10.7. The average molecular weight is 178 g/mol. The third-order valence-corrected chi connectivity index (χ3v) is 3.02. The molecule has 0 spiro atoms. The highest BCUT2D eigenvalue weighted by Crippen LogP contribution is 2.16. The van der Waals surface area contributed by atoms with E-state index in [-0.39, 0.29) is 11.7 Å². The van der Waals surface area contributed by atoms with Crippen LogP contribution < -0.4 is 10.5 Å². The highest BCUT2D eigenvalue weighted by molar-refractivity contribution is 7.89. The molecule has 0 bridgehead atoms. The Balaban J connectivity index is 2.50. The monoisotopic (exact) mass is 178 g/mol. The summed E-state index contributed by atoms with van der Waals surface area (Å²) >= 11 is 0. The van der Waals surface area contributed by atoms with Crippen LogP contribution in [-0.4, -0.2) is 27.3 Å². The number of hydrogen-bond acceptors (Lipinski definition) is 3. The molecule has 1 aliphatic heterocycles. The van der Waals surface area contributed by atoms with E-state index in [0.29, 0.717) is 5.92 Å². The Labute approximate surface area is 67.2 Å². The van der Waals surface area contributed by atoms with Crippen LogP contribution in [0.3, 0.4) is 0 Å². The molecule has 5 heteroatoms. The topological polar surface area (TPSA) is 72.2 Å². The van der Waals surface area contributed by atoms with Crippen LogP contribution in [0.15, 0.2) is 0 Å². The maximum Gasteiger partial charge on any atom is 0.209 e. The second kappa shape index (κ2) is 3.08. The molecule has 1 aliphatic rings. The van der Waals surface area contributed by atoms with Crippen molar-refractivity contribution < 1.29 is 8.42 Å². The van der Waals surface area contributed by atoms with Crippen LogP contribution in [0, 0.1) is 11.8 Å². The summed E-state index contributed by atoms with van der Waals surface area (Å²) in [6.07, 6.45) is 0. The van der Waals surface area contributed by atoms with Crippen LogP contribution in [0.5, 0.6) is 0 Å². The number of rotatable bonds is 2. The first kappa shape index (κ1) is 8.96. The Hall–Kier alpha value is -0.130. The van der Waals surface area contributed by atoms with Gasteiger partial charge in [-0.3, -0.25) is 0 Å². The van der Waals surface area contributed by atoms with Crippen molar-refractivity contribution >= 4 is 10.0 Å². The van der Waals surface area contributed by atoms with Gasteiger partial charge in [0.25, 0.3) is 0 Å². The summed E-state index contributed by atoms with van der Waals surface area (Å²) in [5.41, 5.74) is 0. The summed E-state index contributed by atoms with van der Waals surface area (Å²) in [4.78, 5) is 0. The van der Waals surface area contributed by atoms with E-state index < -0.39 is 10.0 Å². The molecule has 1 fully saturated rings. The lowest BCUT2D eigenvalue weighted by Gasteiger charge is -2.11. The van der Waals surface area contributed by atoms with Crippen LogP contribution in [0.25, 0.3) is 0 Å². The molecule has 1 saturated heterocycles. The van der Waals surface area contributed by atoms with Crippen molar-refractivity contribution in [3.8, 4) is 0 Å². The van der Waals surface area contributed by atoms with Crippen LogP contribution in [-0.2, 0) is 10.0 Å². The van der Waals surface area contributed by atoms with E-state index in [9.17, 15) is 8.42 Å². The zero-order chi connectivity index (χ0) is 8.48. The smallest absolute Gasteiger partial charge is 0.209 e. The number of hydrogen-bond donors (Lipinski definition) is 2. The van der Waals surface area contributed by atoms with Gasteiger partial charge in [0.15, 0.2) is 0 Å². The first-order valence-corrected chi connectivity index (χ1v) is 5.42. The molecular weight excluding hydrogens is 164 g/mol.